The molecule has 1 fully saturated rings. The Morgan fingerprint density at radius 2 is 1.60 bits per heavy atom. The summed E-state index contributed by atoms with van der Waals surface area (Å²) >= 11 is 0. The molecule has 0 aromatic heterocycles. The van der Waals surface area contributed by atoms with Gasteiger partial charge < -0.3 is 14.6 Å². The number of nitrogens with zero attached hydrogens (tertiary/aromatic N) is 1. The minimum Gasteiger partial charge on any atom is -0.507 e. The molecular formula is C26H20F3NO5. The zero-order valence-corrected chi connectivity index (χ0v) is 18.7. The van der Waals surface area contributed by atoms with Crippen LogP contribution in [0.15, 0.2) is 78.4 Å². The van der Waals surface area contributed by atoms with Gasteiger partial charge in [0.05, 0.1) is 31.4 Å². The molecule has 3 aromatic carbocycles. The van der Waals surface area contributed by atoms with E-state index in [0.29, 0.717) is 11.3 Å². The number of carbonyl (C=O) groups excluding carboxylic acids is 2. The van der Waals surface area contributed by atoms with Crippen LogP contribution in [0, 0.1) is 0 Å². The van der Waals surface area contributed by atoms with Crippen molar-refractivity contribution in [3.05, 3.63) is 95.1 Å². The van der Waals surface area contributed by atoms with E-state index in [1.165, 1.54) is 32.4 Å². The van der Waals surface area contributed by atoms with Gasteiger partial charge in [0.1, 0.15) is 17.3 Å². The number of methoxy groups -OCH3 is 2. The number of hydrogen-bond donors (Lipinski definition) is 1. The third-order valence-corrected chi connectivity index (χ3v) is 5.69. The average molecular weight is 483 g/mol. The Morgan fingerprint density at radius 1 is 0.914 bits per heavy atom. The highest BCUT2D eigenvalue weighted by Gasteiger charge is 2.48. The molecule has 1 unspecified atom stereocenters. The first kappa shape index (κ1) is 23.9. The van der Waals surface area contributed by atoms with Gasteiger partial charge in [0.25, 0.3) is 11.7 Å². The van der Waals surface area contributed by atoms with Gasteiger partial charge in [-0.1, -0.05) is 24.3 Å². The second-order valence-electron chi connectivity index (χ2n) is 7.69. The fourth-order valence-corrected chi connectivity index (χ4v) is 4.02. The fourth-order valence-electron chi connectivity index (χ4n) is 4.02. The lowest BCUT2D eigenvalue weighted by molar-refractivity contribution is -0.137. The van der Waals surface area contributed by atoms with Crippen molar-refractivity contribution in [2.45, 2.75) is 12.2 Å². The van der Waals surface area contributed by atoms with Crippen molar-refractivity contribution in [3.8, 4) is 11.5 Å². The number of ether oxygens (including phenoxy) is 2. The Kier molecular flexibility index (Phi) is 6.26. The number of amides is 1. The van der Waals surface area contributed by atoms with E-state index in [1.54, 1.807) is 36.4 Å². The van der Waals surface area contributed by atoms with Crippen molar-refractivity contribution in [1.29, 1.82) is 0 Å². The molecule has 4 rings (SSSR count). The molecule has 1 saturated heterocycles. The molecule has 3 aromatic rings. The average Bonchev–Trinajstić information content (AvgIpc) is 3.13. The highest BCUT2D eigenvalue weighted by Crippen LogP contribution is 2.45. The molecule has 1 amide bonds. The summed E-state index contributed by atoms with van der Waals surface area (Å²) in [6.07, 6.45) is -4.66. The van der Waals surface area contributed by atoms with Crippen molar-refractivity contribution in [1.82, 2.24) is 0 Å². The number of aliphatic hydroxyl groups is 1. The summed E-state index contributed by atoms with van der Waals surface area (Å²) in [6.45, 7) is 0. The predicted molar refractivity (Wildman–Crippen MR) is 122 cm³/mol. The molecule has 1 N–H and O–H groups in total. The number of ketones is 1. The lowest BCUT2D eigenvalue weighted by atomic mass is 9.94. The molecule has 1 aliphatic heterocycles. The van der Waals surface area contributed by atoms with Crippen LogP contribution in [0.5, 0.6) is 11.5 Å². The van der Waals surface area contributed by atoms with Crippen LogP contribution < -0.4 is 14.4 Å². The number of hydrogen-bond acceptors (Lipinski definition) is 5. The first-order valence-corrected chi connectivity index (χ1v) is 10.4. The van der Waals surface area contributed by atoms with Gasteiger partial charge in [0.2, 0.25) is 0 Å². The van der Waals surface area contributed by atoms with E-state index in [0.717, 1.165) is 23.1 Å². The van der Waals surface area contributed by atoms with Crippen LogP contribution in [0.3, 0.4) is 0 Å². The van der Waals surface area contributed by atoms with Gasteiger partial charge in [-0.2, -0.15) is 13.2 Å². The number of anilines is 1. The number of carbonyl (C=O) groups is 2. The number of alkyl halides is 3. The molecule has 0 bridgehead atoms. The van der Waals surface area contributed by atoms with Crippen molar-refractivity contribution >= 4 is 23.1 Å². The topological polar surface area (TPSA) is 76.1 Å². The van der Waals surface area contributed by atoms with Crippen molar-refractivity contribution < 1.29 is 37.3 Å². The summed E-state index contributed by atoms with van der Waals surface area (Å²) in [5.41, 5.74) is -0.853. The highest BCUT2D eigenvalue weighted by atomic mass is 19.4. The van der Waals surface area contributed by atoms with E-state index in [4.69, 9.17) is 9.47 Å². The van der Waals surface area contributed by atoms with Crippen LogP contribution in [0.25, 0.3) is 5.76 Å². The molecule has 0 radical (unpaired) electrons. The molecule has 9 heteroatoms. The molecule has 0 spiro atoms. The van der Waals surface area contributed by atoms with Crippen LogP contribution in [0.4, 0.5) is 18.9 Å². The van der Waals surface area contributed by atoms with Crippen LogP contribution in [-0.4, -0.2) is 31.0 Å². The van der Waals surface area contributed by atoms with Gasteiger partial charge >= 0.3 is 6.18 Å². The van der Waals surface area contributed by atoms with Crippen LogP contribution in [-0.2, 0) is 15.8 Å². The number of para-hydroxylation sites is 1. The molecule has 0 aliphatic carbocycles. The summed E-state index contributed by atoms with van der Waals surface area (Å²) < 4.78 is 50.7. The second kappa shape index (κ2) is 9.17. The number of halogens is 3. The summed E-state index contributed by atoms with van der Waals surface area (Å²) in [5.74, 6) is -1.79. The quantitative estimate of drug-likeness (QED) is 0.301. The first-order valence-electron chi connectivity index (χ1n) is 10.4. The minimum atomic E-state index is -4.66. The predicted octanol–water partition coefficient (Wildman–Crippen LogP) is 5.35. The van der Waals surface area contributed by atoms with Crippen molar-refractivity contribution in [2.24, 2.45) is 0 Å². The number of Topliss-reactive ketones (excluding diaryl/α,β-unsaturated/α-hetero) is 1. The van der Waals surface area contributed by atoms with Gasteiger partial charge in [-0.25, -0.2) is 0 Å². The molecule has 1 heterocycles. The number of benzene rings is 3. The Hall–Kier alpha value is -4.27. The zero-order chi connectivity index (χ0) is 25.3. The molecule has 1 aliphatic rings. The third-order valence-electron chi connectivity index (χ3n) is 5.69. The highest BCUT2D eigenvalue weighted by molar-refractivity contribution is 6.51. The number of aliphatic hydroxyl groups excluding tert-OH is 1. The summed E-state index contributed by atoms with van der Waals surface area (Å²) in [7, 11) is 2.86. The van der Waals surface area contributed by atoms with Crippen LogP contribution in [0.2, 0.25) is 0 Å². The SMILES string of the molecule is COc1ccc(/C(O)=C2/C(=O)C(=O)N(c3cccc(C(F)(F)F)c3)C2c2ccccc2OC)cc1. The lowest BCUT2D eigenvalue weighted by Crippen LogP contribution is -2.30. The van der Waals surface area contributed by atoms with Crippen LogP contribution in [0.1, 0.15) is 22.7 Å². The maximum atomic E-state index is 13.4. The standard InChI is InChI=1S/C26H20F3NO5/c1-34-18-12-10-15(11-13-18)23(31)21-22(19-8-3-4-9-20(19)35-2)30(25(33)24(21)32)17-7-5-6-16(14-17)26(27,28)29/h3-14,22,31H,1-2H3/b23-21-. The van der Waals surface area contributed by atoms with Gasteiger partial charge in [-0.3, -0.25) is 14.5 Å². The Labute approximate surface area is 198 Å². The van der Waals surface area contributed by atoms with E-state index in [9.17, 15) is 27.9 Å². The van der Waals surface area contributed by atoms with E-state index in [2.05, 4.69) is 0 Å². The molecule has 0 saturated carbocycles. The first-order chi connectivity index (χ1) is 16.7. The van der Waals surface area contributed by atoms with Crippen LogP contribution >= 0.6 is 0 Å². The van der Waals surface area contributed by atoms with E-state index >= 15 is 0 Å². The summed E-state index contributed by atoms with van der Waals surface area (Å²) in [5, 5.41) is 11.1. The molecule has 180 valence electrons. The van der Waals surface area contributed by atoms with Gasteiger partial charge in [0.15, 0.2) is 0 Å². The smallest absolute Gasteiger partial charge is 0.416 e. The maximum absolute atomic E-state index is 13.4. The third kappa shape index (κ3) is 4.32. The summed E-state index contributed by atoms with van der Waals surface area (Å²) in [4.78, 5) is 27.3. The number of rotatable bonds is 5. The molecule has 6 nitrogen and oxygen atoms in total. The summed E-state index contributed by atoms with van der Waals surface area (Å²) in [6, 6.07) is 15.5. The molecule has 35 heavy (non-hydrogen) atoms. The fraction of sp³-hybridized carbons (Fsp3) is 0.154. The lowest BCUT2D eigenvalue weighted by Gasteiger charge is -2.27. The van der Waals surface area contributed by atoms with Gasteiger partial charge in [-0.05, 0) is 48.5 Å². The van der Waals surface area contributed by atoms with Crippen molar-refractivity contribution in [3.63, 3.8) is 0 Å². The molecule has 1 atom stereocenters. The zero-order valence-electron chi connectivity index (χ0n) is 18.7. The largest absolute Gasteiger partial charge is 0.507 e. The van der Waals surface area contributed by atoms with Gasteiger partial charge in [0, 0.05) is 16.8 Å². The minimum absolute atomic E-state index is 0.147. The Morgan fingerprint density at radius 3 is 2.23 bits per heavy atom. The monoisotopic (exact) mass is 483 g/mol. The molecular weight excluding hydrogens is 463 g/mol. The van der Waals surface area contributed by atoms with E-state index in [-0.39, 0.29) is 22.6 Å². The van der Waals surface area contributed by atoms with E-state index < -0.39 is 35.2 Å². The Balaban J connectivity index is 1.96. The van der Waals surface area contributed by atoms with Crippen molar-refractivity contribution in [2.75, 3.05) is 19.1 Å². The van der Waals surface area contributed by atoms with Gasteiger partial charge in [-0.15, -0.1) is 0 Å². The second-order valence-corrected chi connectivity index (χ2v) is 7.69. The normalized spacial score (nSPS) is 17.5. The Bertz CT molecular complexity index is 1320. The maximum Gasteiger partial charge on any atom is 0.416 e. The van der Waals surface area contributed by atoms with E-state index in [1.807, 2.05) is 0 Å².